The van der Waals surface area contributed by atoms with Gasteiger partial charge in [-0.2, -0.15) is 0 Å². The van der Waals surface area contributed by atoms with Gasteiger partial charge in [-0.3, -0.25) is 9.36 Å². The zero-order valence-electron chi connectivity index (χ0n) is 18.0. The van der Waals surface area contributed by atoms with E-state index < -0.39 is 16.6 Å². The highest BCUT2D eigenvalue weighted by molar-refractivity contribution is 6.70. The molecule has 6 heteroatoms. The van der Waals surface area contributed by atoms with Gasteiger partial charge >= 0.3 is 0 Å². The molecule has 0 fully saturated rings. The Morgan fingerprint density at radius 1 is 0.962 bits per heavy atom. The molecule has 0 radical (unpaired) electrons. The molecule has 0 N–H and O–H groups in total. The van der Waals surface area contributed by atoms with Gasteiger partial charge in [-0.1, -0.05) is 26.0 Å². The number of hydrogen-bond acceptors (Lipinski definition) is 3. The molecule has 0 spiro atoms. The summed E-state index contributed by atoms with van der Waals surface area (Å²) in [6.45, 7) is 23.3. The first-order chi connectivity index (χ1) is 11.7. The molecule has 1 aromatic rings. The monoisotopic (exact) mass is 395 g/mol. The lowest BCUT2D eigenvalue weighted by Gasteiger charge is -2.40. The first-order valence-corrected chi connectivity index (χ1v) is 16.2. The van der Waals surface area contributed by atoms with Crippen LogP contribution in [0.15, 0.2) is 36.7 Å². The highest BCUT2D eigenvalue weighted by Gasteiger charge is 2.39. The lowest BCUT2D eigenvalue weighted by Crippen LogP contribution is -2.48. The standard InChI is InChI=1S/C20H37NO3Si2/c1-15(2)18(23-25(5,6)7)16(3)19(24-26(8,9)10)17(4)20(22)21-13-11-12-14-21/h11-14,16-19H,1H2,2-10H3/t16-,17-,18+,19+/m1/s1. The van der Waals surface area contributed by atoms with Crippen LogP contribution in [0, 0.1) is 11.8 Å². The molecule has 0 aliphatic carbocycles. The van der Waals surface area contributed by atoms with E-state index in [2.05, 4.69) is 52.8 Å². The van der Waals surface area contributed by atoms with E-state index in [-0.39, 0.29) is 30.0 Å². The number of nitrogens with zero attached hydrogens (tertiary/aromatic N) is 1. The van der Waals surface area contributed by atoms with Crippen LogP contribution in [0.3, 0.4) is 0 Å². The Morgan fingerprint density at radius 2 is 1.42 bits per heavy atom. The van der Waals surface area contributed by atoms with Crippen LogP contribution in [0.4, 0.5) is 0 Å². The zero-order chi connectivity index (χ0) is 20.3. The molecule has 0 aliphatic rings. The van der Waals surface area contributed by atoms with Crippen molar-refractivity contribution in [1.82, 2.24) is 4.57 Å². The van der Waals surface area contributed by atoms with E-state index in [1.165, 1.54) is 0 Å². The molecule has 0 aromatic carbocycles. The van der Waals surface area contributed by atoms with Gasteiger partial charge in [0.25, 0.3) is 0 Å². The summed E-state index contributed by atoms with van der Waals surface area (Å²) in [4.78, 5) is 13.0. The lowest BCUT2D eigenvalue weighted by molar-refractivity contribution is 0.0229. The molecule has 0 unspecified atom stereocenters. The summed E-state index contributed by atoms with van der Waals surface area (Å²) >= 11 is 0. The van der Waals surface area contributed by atoms with Crippen LogP contribution >= 0.6 is 0 Å². The smallest absolute Gasteiger partial charge is 0.235 e. The summed E-state index contributed by atoms with van der Waals surface area (Å²) in [5.41, 5.74) is 0.990. The number of carbonyl (C=O) groups is 1. The average Bonchev–Trinajstić information content (AvgIpc) is 3.00. The van der Waals surface area contributed by atoms with E-state index >= 15 is 0 Å². The maximum absolute atomic E-state index is 13.0. The van der Waals surface area contributed by atoms with Crippen LogP contribution < -0.4 is 0 Å². The van der Waals surface area contributed by atoms with Crippen molar-refractivity contribution in [3.05, 3.63) is 36.7 Å². The van der Waals surface area contributed by atoms with E-state index in [0.29, 0.717) is 0 Å². The van der Waals surface area contributed by atoms with E-state index in [4.69, 9.17) is 8.85 Å². The van der Waals surface area contributed by atoms with Crippen LogP contribution in [0.25, 0.3) is 0 Å². The molecule has 4 nitrogen and oxygen atoms in total. The molecule has 1 rings (SSSR count). The molecule has 4 atom stereocenters. The third kappa shape index (κ3) is 6.98. The second-order valence-corrected chi connectivity index (χ2v) is 18.2. The van der Waals surface area contributed by atoms with Gasteiger partial charge in [0, 0.05) is 18.3 Å². The van der Waals surface area contributed by atoms with E-state index in [9.17, 15) is 4.79 Å². The predicted octanol–water partition coefficient (Wildman–Crippen LogP) is 5.42. The van der Waals surface area contributed by atoms with Crippen molar-refractivity contribution in [1.29, 1.82) is 0 Å². The van der Waals surface area contributed by atoms with Crippen molar-refractivity contribution < 1.29 is 13.6 Å². The van der Waals surface area contributed by atoms with Gasteiger partial charge in [-0.05, 0) is 58.3 Å². The fourth-order valence-corrected chi connectivity index (χ4v) is 5.55. The zero-order valence-corrected chi connectivity index (χ0v) is 20.0. The Kier molecular flexibility index (Phi) is 7.83. The molecule has 0 amide bonds. The molecule has 148 valence electrons. The van der Waals surface area contributed by atoms with Crippen LogP contribution in [-0.4, -0.2) is 39.3 Å². The van der Waals surface area contributed by atoms with Gasteiger partial charge in [0.05, 0.1) is 18.1 Å². The summed E-state index contributed by atoms with van der Waals surface area (Å²) in [6.07, 6.45) is 3.27. The van der Waals surface area contributed by atoms with Crippen molar-refractivity contribution >= 4 is 22.5 Å². The molecular formula is C20H37NO3Si2. The lowest BCUT2D eigenvalue weighted by atomic mass is 9.86. The van der Waals surface area contributed by atoms with Gasteiger partial charge in [-0.25, -0.2) is 0 Å². The van der Waals surface area contributed by atoms with Gasteiger partial charge in [-0.15, -0.1) is 0 Å². The normalized spacial score (nSPS) is 17.4. The minimum atomic E-state index is -1.85. The summed E-state index contributed by atoms with van der Waals surface area (Å²) in [5, 5.41) is 0. The first kappa shape index (κ1) is 23.1. The third-order valence-electron chi connectivity index (χ3n) is 4.19. The van der Waals surface area contributed by atoms with Crippen LogP contribution in [0.2, 0.25) is 39.3 Å². The fraction of sp³-hybridized carbons (Fsp3) is 0.650. The Bertz CT molecular complexity index is 600. The van der Waals surface area contributed by atoms with Crippen LogP contribution in [0.5, 0.6) is 0 Å². The summed E-state index contributed by atoms with van der Waals surface area (Å²) in [7, 11) is -3.61. The van der Waals surface area contributed by atoms with Crippen molar-refractivity contribution in [3.63, 3.8) is 0 Å². The molecule has 0 saturated heterocycles. The van der Waals surface area contributed by atoms with Crippen molar-refractivity contribution in [2.45, 2.75) is 72.3 Å². The Labute approximate surface area is 161 Å². The summed E-state index contributed by atoms with van der Waals surface area (Å²) in [5.74, 6) is -0.171. The molecule has 26 heavy (non-hydrogen) atoms. The molecule has 0 saturated carbocycles. The molecular weight excluding hydrogens is 358 g/mol. The van der Waals surface area contributed by atoms with Gasteiger partial charge in [0.2, 0.25) is 5.91 Å². The van der Waals surface area contributed by atoms with Crippen LogP contribution in [-0.2, 0) is 8.85 Å². The summed E-state index contributed by atoms with van der Waals surface area (Å²) in [6, 6.07) is 3.74. The predicted molar refractivity (Wildman–Crippen MR) is 115 cm³/mol. The quantitative estimate of drug-likeness (QED) is 0.414. The third-order valence-corrected chi connectivity index (χ3v) is 6.13. The first-order valence-electron chi connectivity index (χ1n) is 9.41. The van der Waals surface area contributed by atoms with E-state index in [1.807, 2.05) is 26.0 Å². The molecule has 1 aromatic heterocycles. The fourth-order valence-electron chi connectivity index (χ4n) is 3.14. The minimum Gasteiger partial charge on any atom is -0.414 e. The molecule has 0 bridgehead atoms. The number of hydrogen-bond donors (Lipinski definition) is 0. The minimum absolute atomic E-state index is 0.0421. The van der Waals surface area contributed by atoms with Crippen molar-refractivity contribution in [3.8, 4) is 0 Å². The second kappa shape index (κ2) is 8.82. The highest BCUT2D eigenvalue weighted by atomic mass is 28.4. The van der Waals surface area contributed by atoms with E-state index in [0.717, 1.165) is 5.57 Å². The van der Waals surface area contributed by atoms with Gasteiger partial charge in [0.15, 0.2) is 16.6 Å². The Hall–Kier alpha value is -0.956. The maximum Gasteiger partial charge on any atom is 0.235 e. The topological polar surface area (TPSA) is 40.5 Å². The van der Waals surface area contributed by atoms with Crippen molar-refractivity contribution in [2.24, 2.45) is 11.8 Å². The van der Waals surface area contributed by atoms with Crippen molar-refractivity contribution in [2.75, 3.05) is 0 Å². The summed E-state index contributed by atoms with van der Waals surface area (Å²) < 4.78 is 14.6. The van der Waals surface area contributed by atoms with Crippen LogP contribution in [0.1, 0.15) is 25.6 Å². The van der Waals surface area contributed by atoms with Gasteiger partial charge < -0.3 is 8.85 Å². The molecule has 1 heterocycles. The number of carbonyl (C=O) groups excluding carboxylic acids is 1. The highest BCUT2D eigenvalue weighted by Crippen LogP contribution is 2.30. The molecule has 0 aliphatic heterocycles. The Morgan fingerprint density at radius 3 is 1.81 bits per heavy atom. The Balaban J connectivity index is 3.17. The SMILES string of the molecule is C=C(C)[C@H](O[Si](C)(C)C)[C@@H](C)[C@H](O[Si](C)(C)C)[C@@H](C)C(=O)n1cccc1. The largest absolute Gasteiger partial charge is 0.414 e. The van der Waals surface area contributed by atoms with E-state index in [1.54, 1.807) is 17.0 Å². The van der Waals surface area contributed by atoms with Gasteiger partial charge in [0.1, 0.15) is 0 Å². The average molecular weight is 396 g/mol. The maximum atomic E-state index is 13.0. The number of aromatic nitrogens is 1. The number of rotatable bonds is 9. The second-order valence-electron chi connectivity index (χ2n) is 9.27.